The van der Waals surface area contributed by atoms with Gasteiger partial charge in [-0.25, -0.2) is 4.39 Å². The van der Waals surface area contributed by atoms with Crippen LogP contribution < -0.4 is 0 Å². The van der Waals surface area contributed by atoms with Crippen molar-refractivity contribution in [3.05, 3.63) is 35.6 Å². The summed E-state index contributed by atoms with van der Waals surface area (Å²) in [5, 5.41) is 0.287. The van der Waals surface area contributed by atoms with Crippen LogP contribution in [0.1, 0.15) is 37.6 Å². The van der Waals surface area contributed by atoms with E-state index in [1.807, 2.05) is 0 Å². The Bertz CT molecular complexity index is 432. The van der Waals surface area contributed by atoms with E-state index in [0.717, 1.165) is 6.04 Å². The quantitative estimate of drug-likeness (QED) is 0.559. The summed E-state index contributed by atoms with van der Waals surface area (Å²) in [5.74, 6) is -0.285. The lowest BCUT2D eigenvalue weighted by molar-refractivity contribution is 0.0987. The van der Waals surface area contributed by atoms with Gasteiger partial charge in [-0.15, -0.1) is 0 Å². The Morgan fingerprint density at radius 3 is 2.39 bits per heavy atom. The Kier molecular flexibility index (Phi) is 4.49. The van der Waals surface area contributed by atoms with Gasteiger partial charge in [-0.2, -0.15) is 0 Å². The number of carbonyl (C=O) groups is 1. The molecule has 1 aromatic carbocycles. The van der Waals surface area contributed by atoms with Gasteiger partial charge in [0, 0.05) is 12.0 Å². The largest absolute Gasteiger partial charge is 0.294 e. The molecular weight excluding hydrogens is 243 g/mol. The third-order valence-corrected chi connectivity index (χ3v) is 9.71. The van der Waals surface area contributed by atoms with Crippen LogP contribution in [-0.4, -0.2) is 13.9 Å². The van der Waals surface area contributed by atoms with E-state index < -0.39 is 8.07 Å². The van der Waals surface area contributed by atoms with Gasteiger partial charge >= 0.3 is 0 Å². The zero-order chi connectivity index (χ0) is 14.0. The molecule has 1 nitrogen and oxygen atoms in total. The van der Waals surface area contributed by atoms with E-state index in [1.54, 1.807) is 12.1 Å². The summed E-state index contributed by atoms with van der Waals surface area (Å²) < 4.78 is 13.0. The summed E-state index contributed by atoms with van der Waals surface area (Å²) in [7, 11) is -1.43. The molecule has 0 radical (unpaired) electrons. The Morgan fingerprint density at radius 1 is 1.28 bits per heavy atom. The zero-order valence-electron chi connectivity index (χ0n) is 12.0. The molecule has 0 unspecified atom stereocenters. The van der Waals surface area contributed by atoms with Crippen LogP contribution >= 0.6 is 0 Å². The Morgan fingerprint density at radius 2 is 1.89 bits per heavy atom. The van der Waals surface area contributed by atoms with E-state index in [-0.39, 0.29) is 16.6 Å². The first-order valence-corrected chi connectivity index (χ1v) is 9.63. The third-order valence-electron chi connectivity index (χ3n) is 4.15. The number of halogens is 1. The number of ketones is 1. The highest BCUT2D eigenvalue weighted by Gasteiger charge is 2.34. The Hall–Kier alpha value is -0.963. The van der Waals surface area contributed by atoms with Crippen LogP contribution in [-0.2, 0) is 0 Å². The average molecular weight is 266 g/mol. The van der Waals surface area contributed by atoms with Crippen molar-refractivity contribution in [2.75, 3.05) is 0 Å². The third kappa shape index (κ3) is 3.77. The van der Waals surface area contributed by atoms with Crippen LogP contribution in [0, 0.1) is 5.82 Å². The summed E-state index contributed by atoms with van der Waals surface area (Å²) >= 11 is 0. The lowest BCUT2D eigenvalue weighted by Crippen LogP contribution is -2.37. The van der Waals surface area contributed by atoms with Crippen molar-refractivity contribution < 1.29 is 9.18 Å². The summed E-state index contributed by atoms with van der Waals surface area (Å²) in [6.07, 6.45) is 0.528. The van der Waals surface area contributed by atoms with E-state index in [2.05, 4.69) is 33.9 Å². The standard InChI is InChI=1S/C15H23FOSi/c1-15(2,3)18(4,5)10-9-14(17)12-7-6-8-13(16)11-12/h6-8,11H,9-10H2,1-5H3. The van der Waals surface area contributed by atoms with Gasteiger partial charge in [-0.1, -0.05) is 46.0 Å². The highest BCUT2D eigenvalue weighted by atomic mass is 28.3. The molecular formula is C15H23FOSi. The number of benzene rings is 1. The van der Waals surface area contributed by atoms with Crippen LogP contribution in [0.25, 0.3) is 0 Å². The van der Waals surface area contributed by atoms with Crippen molar-refractivity contribution in [3.63, 3.8) is 0 Å². The molecule has 0 bridgehead atoms. The topological polar surface area (TPSA) is 17.1 Å². The fraction of sp³-hybridized carbons (Fsp3) is 0.533. The van der Waals surface area contributed by atoms with E-state index in [0.29, 0.717) is 12.0 Å². The average Bonchev–Trinajstić information content (AvgIpc) is 2.24. The minimum Gasteiger partial charge on any atom is -0.294 e. The van der Waals surface area contributed by atoms with E-state index >= 15 is 0 Å². The molecule has 0 saturated heterocycles. The number of hydrogen-bond donors (Lipinski definition) is 0. The first-order chi connectivity index (χ1) is 8.13. The molecule has 0 aliphatic carbocycles. The SMILES string of the molecule is CC(C)(C)[Si](C)(C)CCC(=O)c1cccc(F)c1. The van der Waals surface area contributed by atoms with Gasteiger partial charge in [-0.05, 0) is 23.2 Å². The molecule has 100 valence electrons. The molecule has 18 heavy (non-hydrogen) atoms. The predicted octanol–water partition coefficient (Wildman–Crippen LogP) is 4.91. The van der Waals surface area contributed by atoms with E-state index in [4.69, 9.17) is 0 Å². The summed E-state index contributed by atoms with van der Waals surface area (Å²) in [6.45, 7) is 11.3. The highest BCUT2D eigenvalue weighted by Crippen LogP contribution is 2.39. The highest BCUT2D eigenvalue weighted by molar-refractivity contribution is 6.80. The van der Waals surface area contributed by atoms with Crippen molar-refractivity contribution in [2.45, 2.75) is 51.4 Å². The molecule has 0 aliphatic rings. The molecule has 0 spiro atoms. The zero-order valence-corrected chi connectivity index (χ0v) is 13.0. The summed E-state index contributed by atoms with van der Waals surface area (Å²) in [5.41, 5.74) is 0.494. The van der Waals surface area contributed by atoms with Crippen LogP contribution in [0.4, 0.5) is 4.39 Å². The molecule has 0 N–H and O–H groups in total. The minimum absolute atomic E-state index is 0.0549. The second-order valence-corrected chi connectivity index (χ2v) is 12.3. The Balaban J connectivity index is 2.68. The molecule has 0 atom stereocenters. The fourth-order valence-corrected chi connectivity index (χ4v) is 3.21. The summed E-state index contributed by atoms with van der Waals surface area (Å²) in [6, 6.07) is 6.93. The summed E-state index contributed by atoms with van der Waals surface area (Å²) in [4.78, 5) is 12.0. The maximum Gasteiger partial charge on any atom is 0.162 e. The van der Waals surface area contributed by atoms with Crippen LogP contribution in [0.15, 0.2) is 24.3 Å². The molecule has 0 aromatic heterocycles. The van der Waals surface area contributed by atoms with Gasteiger partial charge in [0.2, 0.25) is 0 Å². The van der Waals surface area contributed by atoms with Gasteiger partial charge in [0.25, 0.3) is 0 Å². The van der Waals surface area contributed by atoms with Crippen molar-refractivity contribution >= 4 is 13.9 Å². The van der Waals surface area contributed by atoms with Crippen LogP contribution in [0.3, 0.4) is 0 Å². The van der Waals surface area contributed by atoms with Crippen LogP contribution in [0.5, 0.6) is 0 Å². The van der Waals surface area contributed by atoms with Crippen LogP contribution in [0.2, 0.25) is 24.2 Å². The van der Waals surface area contributed by atoms with Gasteiger partial charge in [-0.3, -0.25) is 4.79 Å². The van der Waals surface area contributed by atoms with Crippen molar-refractivity contribution in [1.29, 1.82) is 0 Å². The number of carbonyl (C=O) groups excluding carboxylic acids is 1. The molecule has 3 heteroatoms. The van der Waals surface area contributed by atoms with Gasteiger partial charge in [0.1, 0.15) is 5.82 Å². The lowest BCUT2D eigenvalue weighted by atomic mass is 10.1. The second-order valence-electron chi connectivity index (χ2n) is 6.57. The molecule has 0 saturated carbocycles. The number of hydrogen-bond acceptors (Lipinski definition) is 1. The first-order valence-electron chi connectivity index (χ1n) is 6.42. The van der Waals surface area contributed by atoms with Gasteiger partial charge in [0.05, 0.1) is 8.07 Å². The second kappa shape index (κ2) is 5.35. The number of rotatable bonds is 4. The van der Waals surface area contributed by atoms with Crippen molar-refractivity contribution in [3.8, 4) is 0 Å². The Labute approximate surface area is 110 Å². The molecule has 0 heterocycles. The lowest BCUT2D eigenvalue weighted by Gasteiger charge is -2.36. The fourth-order valence-electron chi connectivity index (χ4n) is 1.61. The molecule has 0 aliphatic heterocycles. The smallest absolute Gasteiger partial charge is 0.162 e. The van der Waals surface area contributed by atoms with Crippen molar-refractivity contribution in [2.24, 2.45) is 0 Å². The van der Waals surface area contributed by atoms with E-state index in [1.165, 1.54) is 12.1 Å². The van der Waals surface area contributed by atoms with E-state index in [9.17, 15) is 9.18 Å². The van der Waals surface area contributed by atoms with Gasteiger partial charge < -0.3 is 0 Å². The monoisotopic (exact) mass is 266 g/mol. The molecule has 0 amide bonds. The maximum absolute atomic E-state index is 13.0. The number of Topliss-reactive ketones (excluding diaryl/α,β-unsaturated/α-hetero) is 1. The molecule has 1 aromatic rings. The van der Waals surface area contributed by atoms with Gasteiger partial charge in [0.15, 0.2) is 5.78 Å². The minimum atomic E-state index is -1.43. The predicted molar refractivity (Wildman–Crippen MR) is 77.4 cm³/mol. The first kappa shape index (κ1) is 15.1. The normalized spacial score (nSPS) is 12.6. The maximum atomic E-state index is 13.0. The molecule has 1 rings (SSSR count). The molecule has 0 fully saturated rings. The van der Waals surface area contributed by atoms with Crippen molar-refractivity contribution in [1.82, 2.24) is 0 Å².